The highest BCUT2D eigenvalue weighted by Gasteiger charge is 2.27. The van der Waals surface area contributed by atoms with Crippen molar-refractivity contribution in [3.63, 3.8) is 0 Å². The predicted octanol–water partition coefficient (Wildman–Crippen LogP) is -0.434. The van der Waals surface area contributed by atoms with Crippen LogP contribution in [0.5, 0.6) is 0 Å². The Kier molecular flexibility index (Phi) is 1.71. The minimum Gasteiger partial charge on any atom is -0.370 e. The van der Waals surface area contributed by atoms with E-state index in [1.54, 1.807) is 0 Å². The maximum absolute atomic E-state index is 10.2. The highest BCUT2D eigenvalue weighted by molar-refractivity contribution is 5.73. The van der Waals surface area contributed by atoms with Gasteiger partial charge in [0.2, 0.25) is 5.91 Å². The second-order valence-electron chi connectivity index (χ2n) is 2.56. The van der Waals surface area contributed by atoms with Crippen LogP contribution in [0.4, 0.5) is 0 Å². The number of primary amides is 1. The monoisotopic (exact) mass is 128 g/mol. The molecule has 9 heavy (non-hydrogen) atoms. The summed E-state index contributed by atoms with van der Waals surface area (Å²) in [5.41, 5.74) is 4.95. The molecule has 0 aromatic carbocycles. The van der Waals surface area contributed by atoms with Gasteiger partial charge in [-0.3, -0.25) is 9.69 Å². The molecule has 2 unspecified atom stereocenters. The number of amides is 1. The van der Waals surface area contributed by atoms with Gasteiger partial charge >= 0.3 is 0 Å². The van der Waals surface area contributed by atoms with E-state index in [1.807, 2.05) is 0 Å². The molecule has 3 heteroatoms. The summed E-state index contributed by atoms with van der Waals surface area (Å²) in [6, 6.07) is 0.685. The molecule has 1 saturated heterocycles. The van der Waals surface area contributed by atoms with Gasteiger partial charge in [-0.05, 0) is 6.92 Å². The van der Waals surface area contributed by atoms with Crippen molar-refractivity contribution in [1.29, 1.82) is 0 Å². The first-order valence-electron chi connectivity index (χ1n) is 3.22. The molecule has 0 bridgehead atoms. The first-order valence-corrected chi connectivity index (χ1v) is 3.22. The second kappa shape index (κ2) is 2.35. The van der Waals surface area contributed by atoms with Gasteiger partial charge in [-0.2, -0.15) is 0 Å². The molecule has 0 aliphatic carbocycles. The highest BCUT2D eigenvalue weighted by Crippen LogP contribution is 2.14. The fraction of sp³-hybridized carbons (Fsp3) is 0.833. The van der Waals surface area contributed by atoms with Crippen molar-refractivity contribution in [2.75, 3.05) is 13.1 Å². The van der Waals surface area contributed by atoms with Crippen LogP contribution in [0.3, 0.4) is 0 Å². The quantitative estimate of drug-likeness (QED) is 0.524. The number of hydrogen-bond donors (Lipinski definition) is 1. The third-order valence-corrected chi connectivity index (χ3v) is 1.63. The number of nitrogens with zero attached hydrogens (tertiary/aromatic N) is 1. The lowest BCUT2D eigenvalue weighted by molar-refractivity contribution is -0.118. The van der Waals surface area contributed by atoms with Gasteiger partial charge in [-0.25, -0.2) is 0 Å². The SMILES string of the molecule is CC1CN1CCC(N)=O. The van der Waals surface area contributed by atoms with Crippen LogP contribution in [0.25, 0.3) is 0 Å². The number of hydrogen-bond acceptors (Lipinski definition) is 2. The molecule has 52 valence electrons. The molecule has 0 saturated carbocycles. The van der Waals surface area contributed by atoms with E-state index in [4.69, 9.17) is 5.73 Å². The fourth-order valence-corrected chi connectivity index (χ4v) is 0.858. The van der Waals surface area contributed by atoms with Gasteiger partial charge in [0.05, 0.1) is 0 Å². The van der Waals surface area contributed by atoms with Gasteiger partial charge in [-0.15, -0.1) is 0 Å². The highest BCUT2D eigenvalue weighted by atomic mass is 16.1. The van der Waals surface area contributed by atoms with Crippen LogP contribution < -0.4 is 5.73 Å². The summed E-state index contributed by atoms with van der Waals surface area (Å²) >= 11 is 0. The van der Waals surface area contributed by atoms with Crippen LogP contribution in [0.1, 0.15) is 13.3 Å². The van der Waals surface area contributed by atoms with Crippen molar-refractivity contribution in [1.82, 2.24) is 4.90 Å². The Morgan fingerprint density at radius 2 is 2.44 bits per heavy atom. The first-order chi connectivity index (χ1) is 4.20. The minimum absolute atomic E-state index is 0.200. The largest absolute Gasteiger partial charge is 0.370 e. The van der Waals surface area contributed by atoms with E-state index in [0.717, 1.165) is 13.1 Å². The van der Waals surface area contributed by atoms with E-state index in [2.05, 4.69) is 11.8 Å². The Morgan fingerprint density at radius 1 is 1.89 bits per heavy atom. The van der Waals surface area contributed by atoms with Gasteiger partial charge in [-0.1, -0.05) is 0 Å². The molecule has 0 spiro atoms. The molecule has 2 N–H and O–H groups in total. The van der Waals surface area contributed by atoms with Gasteiger partial charge in [0.25, 0.3) is 0 Å². The van der Waals surface area contributed by atoms with Crippen LogP contribution in [-0.4, -0.2) is 29.9 Å². The van der Waals surface area contributed by atoms with Crippen LogP contribution in [0.2, 0.25) is 0 Å². The minimum atomic E-state index is -0.200. The lowest BCUT2D eigenvalue weighted by atomic mass is 10.4. The molecule has 1 heterocycles. The Labute approximate surface area is 54.8 Å². The average Bonchev–Trinajstić information content (AvgIpc) is 2.42. The zero-order valence-corrected chi connectivity index (χ0v) is 5.63. The van der Waals surface area contributed by atoms with Gasteiger partial charge in [0.15, 0.2) is 0 Å². The van der Waals surface area contributed by atoms with E-state index < -0.39 is 0 Å². The van der Waals surface area contributed by atoms with E-state index >= 15 is 0 Å². The second-order valence-corrected chi connectivity index (χ2v) is 2.56. The fourth-order valence-electron chi connectivity index (χ4n) is 0.858. The Balaban J connectivity index is 2.00. The van der Waals surface area contributed by atoms with E-state index in [-0.39, 0.29) is 5.91 Å². The molecule has 0 radical (unpaired) electrons. The van der Waals surface area contributed by atoms with Gasteiger partial charge in [0.1, 0.15) is 0 Å². The lowest BCUT2D eigenvalue weighted by Gasteiger charge is -1.95. The van der Waals surface area contributed by atoms with Gasteiger partial charge in [0, 0.05) is 25.6 Å². The molecule has 3 nitrogen and oxygen atoms in total. The molecule has 1 amide bonds. The van der Waals surface area contributed by atoms with E-state index in [9.17, 15) is 4.79 Å². The molecule has 0 aromatic heterocycles. The molecule has 2 atom stereocenters. The topological polar surface area (TPSA) is 46.1 Å². The average molecular weight is 128 g/mol. The molecule has 1 rings (SSSR count). The van der Waals surface area contributed by atoms with E-state index in [0.29, 0.717) is 12.5 Å². The van der Waals surface area contributed by atoms with Crippen molar-refractivity contribution in [3.8, 4) is 0 Å². The summed E-state index contributed by atoms with van der Waals surface area (Å²) in [5, 5.41) is 0. The number of carbonyl (C=O) groups excluding carboxylic acids is 1. The summed E-state index contributed by atoms with van der Waals surface area (Å²) < 4.78 is 0. The standard InChI is InChI=1S/C6H12N2O/c1-5-4-8(5)3-2-6(7)9/h5H,2-4H2,1H3,(H2,7,9). The van der Waals surface area contributed by atoms with Crippen LogP contribution >= 0.6 is 0 Å². The molecule has 1 aliphatic rings. The third-order valence-electron chi connectivity index (χ3n) is 1.63. The van der Waals surface area contributed by atoms with E-state index in [1.165, 1.54) is 0 Å². The predicted molar refractivity (Wildman–Crippen MR) is 34.8 cm³/mol. The molecule has 1 aliphatic heterocycles. The number of rotatable bonds is 3. The van der Waals surface area contributed by atoms with Crippen LogP contribution in [0, 0.1) is 0 Å². The smallest absolute Gasteiger partial charge is 0.218 e. The van der Waals surface area contributed by atoms with Crippen LogP contribution in [-0.2, 0) is 4.79 Å². The summed E-state index contributed by atoms with van der Waals surface area (Å²) in [6.45, 7) is 4.12. The van der Waals surface area contributed by atoms with Crippen LogP contribution in [0.15, 0.2) is 0 Å². The molecule has 0 aromatic rings. The van der Waals surface area contributed by atoms with Crippen molar-refractivity contribution in [2.45, 2.75) is 19.4 Å². The number of carbonyl (C=O) groups is 1. The zero-order valence-electron chi connectivity index (χ0n) is 5.63. The third kappa shape index (κ3) is 2.01. The Hall–Kier alpha value is -0.570. The van der Waals surface area contributed by atoms with Crippen molar-refractivity contribution >= 4 is 5.91 Å². The summed E-state index contributed by atoms with van der Waals surface area (Å²) in [5.74, 6) is -0.200. The molecular weight excluding hydrogens is 116 g/mol. The Bertz CT molecular complexity index is 124. The van der Waals surface area contributed by atoms with Crippen molar-refractivity contribution in [2.24, 2.45) is 5.73 Å². The summed E-state index contributed by atoms with van der Waals surface area (Å²) in [4.78, 5) is 12.4. The van der Waals surface area contributed by atoms with Crippen molar-refractivity contribution < 1.29 is 4.79 Å². The summed E-state index contributed by atoms with van der Waals surface area (Å²) in [7, 11) is 0. The number of nitrogens with two attached hydrogens (primary N) is 1. The lowest BCUT2D eigenvalue weighted by Crippen LogP contribution is -2.16. The van der Waals surface area contributed by atoms with Crippen molar-refractivity contribution in [3.05, 3.63) is 0 Å². The molecular formula is C6H12N2O. The maximum Gasteiger partial charge on any atom is 0.218 e. The summed E-state index contributed by atoms with van der Waals surface area (Å²) in [6.07, 6.45) is 0.504. The first kappa shape index (κ1) is 6.55. The maximum atomic E-state index is 10.2. The Morgan fingerprint density at radius 3 is 2.78 bits per heavy atom. The van der Waals surface area contributed by atoms with Gasteiger partial charge < -0.3 is 5.73 Å². The zero-order chi connectivity index (χ0) is 6.85. The normalized spacial score (nSPS) is 32.1. The molecule has 1 fully saturated rings.